The van der Waals surface area contributed by atoms with Crippen LogP contribution in [0.1, 0.15) is 31.1 Å². The number of carbonyl (C=O) groups excluding carboxylic acids is 1. The molecular weight excluding hydrogens is 285 g/mol. The fraction of sp³-hybridized carbons (Fsp3) is 0.353. The van der Waals surface area contributed by atoms with E-state index in [2.05, 4.69) is 5.32 Å². The Morgan fingerprint density at radius 1 is 1.36 bits per heavy atom. The minimum absolute atomic E-state index is 0.00947. The first-order valence-electron chi connectivity index (χ1n) is 7.25. The van der Waals surface area contributed by atoms with Gasteiger partial charge in [-0.2, -0.15) is 0 Å². The van der Waals surface area contributed by atoms with Crippen LogP contribution < -0.4 is 5.32 Å². The summed E-state index contributed by atoms with van der Waals surface area (Å²) in [4.78, 5) is 12.5. The van der Waals surface area contributed by atoms with Crippen molar-refractivity contribution in [2.45, 2.75) is 30.8 Å². The van der Waals surface area contributed by atoms with E-state index >= 15 is 0 Å². The largest absolute Gasteiger partial charge is 0.466 e. The molecule has 1 aliphatic carbocycles. The maximum absolute atomic E-state index is 13.9. The van der Waals surface area contributed by atoms with Crippen molar-refractivity contribution in [3.8, 4) is 0 Å². The summed E-state index contributed by atoms with van der Waals surface area (Å²) in [6, 6.07) is 9.66. The highest BCUT2D eigenvalue weighted by Crippen LogP contribution is 2.49. The number of amides is 1. The number of carbonyl (C=O) groups is 1. The van der Waals surface area contributed by atoms with E-state index in [9.17, 15) is 14.3 Å². The summed E-state index contributed by atoms with van der Waals surface area (Å²) in [5.74, 6) is -0.249. The lowest BCUT2D eigenvalue weighted by Gasteiger charge is -2.23. The normalized spacial score (nSPS) is 18.5. The van der Waals surface area contributed by atoms with Gasteiger partial charge in [0.2, 0.25) is 5.91 Å². The lowest BCUT2D eigenvalue weighted by Crippen LogP contribution is -2.43. The summed E-state index contributed by atoms with van der Waals surface area (Å²) in [7, 11) is 0. The topological polar surface area (TPSA) is 62.5 Å². The Morgan fingerprint density at radius 2 is 2.09 bits per heavy atom. The average molecular weight is 303 g/mol. The van der Waals surface area contributed by atoms with E-state index in [0.717, 1.165) is 0 Å². The number of hydrogen-bond acceptors (Lipinski definition) is 3. The first-order chi connectivity index (χ1) is 10.5. The van der Waals surface area contributed by atoms with Crippen molar-refractivity contribution in [1.82, 2.24) is 5.32 Å². The predicted molar refractivity (Wildman–Crippen MR) is 78.6 cm³/mol. The van der Waals surface area contributed by atoms with Gasteiger partial charge in [0.05, 0.1) is 18.2 Å². The Balaban J connectivity index is 1.72. The average Bonchev–Trinajstić information content (AvgIpc) is 3.10. The molecule has 0 bridgehead atoms. The molecular formula is C17H18FNO3. The van der Waals surface area contributed by atoms with Crippen molar-refractivity contribution < 1.29 is 18.7 Å². The third-order valence-corrected chi connectivity index (χ3v) is 4.22. The van der Waals surface area contributed by atoms with Gasteiger partial charge in [0, 0.05) is 5.56 Å². The Labute approximate surface area is 128 Å². The maximum atomic E-state index is 13.9. The first kappa shape index (κ1) is 14.8. The molecule has 22 heavy (non-hydrogen) atoms. The van der Waals surface area contributed by atoms with E-state index in [1.165, 1.54) is 12.3 Å². The minimum atomic E-state index is -1.30. The standard InChI is InChI=1S/C17H18FNO3/c1-16(21,14-7-4-10-22-14)11-19-15(20)17(8-9-17)12-5-2-3-6-13(12)18/h2-7,10,21H,8-9,11H2,1H3,(H,19,20). The number of hydrogen-bond donors (Lipinski definition) is 2. The molecule has 3 rings (SSSR count). The summed E-state index contributed by atoms with van der Waals surface area (Å²) in [6.45, 7) is 1.57. The molecule has 4 nitrogen and oxygen atoms in total. The molecule has 1 aromatic heterocycles. The van der Waals surface area contributed by atoms with E-state index in [1.807, 2.05) is 0 Å². The molecule has 0 spiro atoms. The lowest BCUT2D eigenvalue weighted by atomic mass is 9.94. The van der Waals surface area contributed by atoms with Gasteiger partial charge >= 0.3 is 0 Å². The van der Waals surface area contributed by atoms with E-state index in [-0.39, 0.29) is 18.3 Å². The van der Waals surface area contributed by atoms with Gasteiger partial charge in [0.15, 0.2) is 0 Å². The molecule has 2 aromatic rings. The van der Waals surface area contributed by atoms with Crippen LogP contribution in [0, 0.1) is 5.82 Å². The summed E-state index contributed by atoms with van der Waals surface area (Å²) in [5.41, 5.74) is -1.68. The lowest BCUT2D eigenvalue weighted by molar-refractivity contribution is -0.125. The summed E-state index contributed by atoms with van der Waals surface area (Å²) >= 11 is 0. The zero-order valence-electron chi connectivity index (χ0n) is 12.3. The van der Waals surface area contributed by atoms with Gasteiger partial charge in [0.1, 0.15) is 17.2 Å². The Morgan fingerprint density at radius 3 is 2.68 bits per heavy atom. The first-order valence-corrected chi connectivity index (χ1v) is 7.25. The van der Waals surface area contributed by atoms with Crippen LogP contribution in [0.2, 0.25) is 0 Å². The Bertz CT molecular complexity index is 675. The second-order valence-electron chi connectivity index (χ2n) is 6.00. The van der Waals surface area contributed by atoms with Gasteiger partial charge in [-0.1, -0.05) is 18.2 Å². The Kier molecular flexibility index (Phi) is 3.53. The molecule has 1 fully saturated rings. The van der Waals surface area contributed by atoms with Crippen LogP contribution in [0.5, 0.6) is 0 Å². The molecule has 1 atom stereocenters. The summed E-state index contributed by atoms with van der Waals surface area (Å²) in [5, 5.41) is 13.1. The van der Waals surface area contributed by atoms with Gasteiger partial charge in [-0.3, -0.25) is 4.79 Å². The SMILES string of the molecule is CC(O)(CNC(=O)C1(c2ccccc2F)CC1)c1ccco1. The smallest absolute Gasteiger partial charge is 0.230 e. The molecule has 1 heterocycles. The highest BCUT2D eigenvalue weighted by molar-refractivity contribution is 5.91. The van der Waals surface area contributed by atoms with Gasteiger partial charge in [0.25, 0.3) is 0 Å². The quantitative estimate of drug-likeness (QED) is 0.892. The zero-order chi connectivity index (χ0) is 15.8. The van der Waals surface area contributed by atoms with E-state index in [1.54, 1.807) is 37.3 Å². The van der Waals surface area contributed by atoms with Crippen LogP contribution in [0.15, 0.2) is 47.1 Å². The molecule has 5 heteroatoms. The molecule has 1 aromatic carbocycles. The number of nitrogens with one attached hydrogen (secondary N) is 1. The summed E-state index contributed by atoms with van der Waals surface area (Å²) in [6.07, 6.45) is 2.69. The van der Waals surface area contributed by atoms with Crippen LogP contribution in [-0.2, 0) is 15.8 Å². The number of furan rings is 1. The Hall–Kier alpha value is -2.14. The number of aliphatic hydroxyl groups is 1. The van der Waals surface area contributed by atoms with E-state index in [4.69, 9.17) is 4.42 Å². The maximum Gasteiger partial charge on any atom is 0.230 e. The van der Waals surface area contributed by atoms with Crippen molar-refractivity contribution in [3.05, 3.63) is 59.8 Å². The van der Waals surface area contributed by atoms with Gasteiger partial charge in [-0.05, 0) is 38.0 Å². The molecule has 116 valence electrons. The number of halogens is 1. The van der Waals surface area contributed by atoms with Crippen LogP contribution in [0.25, 0.3) is 0 Å². The fourth-order valence-electron chi connectivity index (χ4n) is 2.69. The molecule has 0 radical (unpaired) electrons. The fourth-order valence-corrected chi connectivity index (χ4v) is 2.69. The monoisotopic (exact) mass is 303 g/mol. The van der Waals surface area contributed by atoms with Crippen molar-refractivity contribution in [2.75, 3.05) is 6.54 Å². The second-order valence-corrected chi connectivity index (χ2v) is 6.00. The second kappa shape index (κ2) is 5.25. The van der Waals surface area contributed by atoms with E-state index in [0.29, 0.717) is 24.2 Å². The van der Waals surface area contributed by atoms with Crippen molar-refractivity contribution >= 4 is 5.91 Å². The van der Waals surface area contributed by atoms with Gasteiger partial charge in [-0.25, -0.2) is 4.39 Å². The highest BCUT2D eigenvalue weighted by Gasteiger charge is 2.52. The third kappa shape index (κ3) is 2.52. The molecule has 1 unspecified atom stereocenters. The number of benzene rings is 1. The van der Waals surface area contributed by atoms with Crippen LogP contribution >= 0.6 is 0 Å². The molecule has 1 amide bonds. The molecule has 1 aliphatic rings. The van der Waals surface area contributed by atoms with E-state index < -0.39 is 11.0 Å². The van der Waals surface area contributed by atoms with Gasteiger partial charge < -0.3 is 14.8 Å². The van der Waals surface area contributed by atoms with Crippen molar-refractivity contribution in [1.29, 1.82) is 0 Å². The van der Waals surface area contributed by atoms with Gasteiger partial charge in [-0.15, -0.1) is 0 Å². The third-order valence-electron chi connectivity index (χ3n) is 4.22. The summed E-state index contributed by atoms with van der Waals surface area (Å²) < 4.78 is 19.1. The molecule has 0 aliphatic heterocycles. The predicted octanol–water partition coefficient (Wildman–Crippen LogP) is 2.47. The minimum Gasteiger partial charge on any atom is -0.466 e. The molecule has 0 saturated heterocycles. The zero-order valence-corrected chi connectivity index (χ0v) is 12.3. The highest BCUT2D eigenvalue weighted by atomic mass is 19.1. The van der Waals surface area contributed by atoms with Crippen molar-refractivity contribution in [3.63, 3.8) is 0 Å². The van der Waals surface area contributed by atoms with Crippen LogP contribution in [0.3, 0.4) is 0 Å². The van der Waals surface area contributed by atoms with Crippen molar-refractivity contribution in [2.24, 2.45) is 0 Å². The molecule has 2 N–H and O–H groups in total. The van der Waals surface area contributed by atoms with Crippen LogP contribution in [-0.4, -0.2) is 17.6 Å². The number of rotatable bonds is 5. The molecule has 1 saturated carbocycles. The van der Waals surface area contributed by atoms with Crippen LogP contribution in [0.4, 0.5) is 4.39 Å².